The van der Waals surface area contributed by atoms with Crippen LogP contribution in [0.2, 0.25) is 0 Å². The zero-order chi connectivity index (χ0) is 22.0. The van der Waals surface area contributed by atoms with Crippen molar-refractivity contribution in [2.45, 2.75) is 57.2 Å². The third kappa shape index (κ3) is 4.47. The van der Waals surface area contributed by atoms with Gasteiger partial charge in [-0.15, -0.1) is 0 Å². The second-order valence-electron chi connectivity index (χ2n) is 8.02. The van der Waals surface area contributed by atoms with Gasteiger partial charge in [0.05, 0.1) is 0 Å². The van der Waals surface area contributed by atoms with Crippen molar-refractivity contribution >= 4 is 11.9 Å². The lowest BCUT2D eigenvalue weighted by Gasteiger charge is -2.40. The first-order valence-electron chi connectivity index (χ1n) is 10.6. The molecule has 0 unspecified atom stereocenters. The third-order valence-electron chi connectivity index (χ3n) is 6.16. The summed E-state index contributed by atoms with van der Waals surface area (Å²) in [4.78, 5) is 18.7. The Labute approximate surface area is 178 Å². The normalized spacial score (nSPS) is 22.7. The van der Waals surface area contributed by atoms with Gasteiger partial charge in [0.25, 0.3) is 12.3 Å². The number of rotatable bonds is 6. The fraction of sp³-hybridized carbons (Fsp3) is 0.571. The Morgan fingerprint density at radius 3 is 2.71 bits per heavy atom. The molecule has 1 saturated heterocycles. The van der Waals surface area contributed by atoms with Gasteiger partial charge in [-0.25, -0.2) is 17.9 Å². The molecule has 0 saturated carbocycles. The number of aromatic nitrogens is 3. The molecule has 2 aliphatic rings. The molecule has 2 aliphatic heterocycles. The second-order valence-corrected chi connectivity index (χ2v) is 8.02. The van der Waals surface area contributed by atoms with Gasteiger partial charge in [-0.05, 0) is 43.7 Å². The zero-order valence-electron chi connectivity index (χ0n) is 17.3. The number of ether oxygens (including phenoxy) is 1. The number of amides is 1. The number of hydrogen-bond donors (Lipinski definition) is 1. The molecule has 1 aromatic heterocycles. The van der Waals surface area contributed by atoms with Crippen molar-refractivity contribution in [2.24, 2.45) is 5.92 Å². The van der Waals surface area contributed by atoms with E-state index in [2.05, 4.69) is 15.4 Å². The van der Waals surface area contributed by atoms with E-state index in [0.717, 1.165) is 0 Å². The number of halogens is 3. The van der Waals surface area contributed by atoms with E-state index in [1.54, 1.807) is 17.0 Å². The lowest BCUT2D eigenvalue weighted by atomic mass is 9.85. The lowest BCUT2D eigenvalue weighted by Crippen LogP contribution is -2.49. The van der Waals surface area contributed by atoms with Crippen molar-refractivity contribution in [1.29, 1.82) is 0 Å². The zero-order valence-corrected chi connectivity index (χ0v) is 17.3. The molecule has 0 radical (unpaired) electrons. The molecule has 3 heterocycles. The molecule has 1 fully saturated rings. The number of para-hydroxylation sites is 1. The number of likely N-dealkylation sites (tertiary alicyclic amines) is 1. The van der Waals surface area contributed by atoms with Crippen molar-refractivity contribution in [1.82, 2.24) is 19.7 Å². The maximum Gasteiger partial charge on any atom is 0.263 e. The number of alkyl halides is 2. The Bertz CT molecular complexity index is 901. The number of anilines is 1. The summed E-state index contributed by atoms with van der Waals surface area (Å²) in [6.07, 6.45) is 0.0502. The largest absolute Gasteiger partial charge is 0.478 e. The SMILES string of the molecule is CC[C@@H](Oc1ccccc1F)C(=O)N1CCC([C@@H]2C[C@H](C(F)F)n3ncnc3N2)CC1. The third-order valence-corrected chi connectivity index (χ3v) is 6.16. The smallest absolute Gasteiger partial charge is 0.263 e. The van der Waals surface area contributed by atoms with Crippen LogP contribution in [0.5, 0.6) is 5.75 Å². The highest BCUT2D eigenvalue weighted by Gasteiger charge is 2.39. The summed E-state index contributed by atoms with van der Waals surface area (Å²) in [7, 11) is 0. The van der Waals surface area contributed by atoms with Crippen LogP contribution in [0.1, 0.15) is 38.6 Å². The van der Waals surface area contributed by atoms with Crippen molar-refractivity contribution in [3.05, 3.63) is 36.4 Å². The summed E-state index contributed by atoms with van der Waals surface area (Å²) in [5, 5.41) is 7.15. The van der Waals surface area contributed by atoms with E-state index in [1.165, 1.54) is 23.1 Å². The van der Waals surface area contributed by atoms with Gasteiger partial charge in [0.15, 0.2) is 17.7 Å². The van der Waals surface area contributed by atoms with E-state index in [-0.39, 0.29) is 30.0 Å². The highest BCUT2D eigenvalue weighted by atomic mass is 19.3. The van der Waals surface area contributed by atoms with E-state index in [9.17, 15) is 18.0 Å². The van der Waals surface area contributed by atoms with Gasteiger partial charge in [-0.3, -0.25) is 4.79 Å². The Hall–Kier alpha value is -2.78. The fourth-order valence-corrected chi connectivity index (χ4v) is 4.43. The van der Waals surface area contributed by atoms with Crippen LogP contribution in [0, 0.1) is 11.7 Å². The summed E-state index contributed by atoms with van der Waals surface area (Å²) in [6.45, 7) is 2.83. The quantitative estimate of drug-likeness (QED) is 0.749. The van der Waals surface area contributed by atoms with Crippen LogP contribution in [0.3, 0.4) is 0 Å². The summed E-state index contributed by atoms with van der Waals surface area (Å²) < 4.78 is 47.8. The van der Waals surface area contributed by atoms with Gasteiger partial charge in [-0.2, -0.15) is 10.1 Å². The topological polar surface area (TPSA) is 72.3 Å². The van der Waals surface area contributed by atoms with Crippen molar-refractivity contribution in [3.63, 3.8) is 0 Å². The van der Waals surface area contributed by atoms with Gasteiger partial charge in [0.1, 0.15) is 12.4 Å². The summed E-state index contributed by atoms with van der Waals surface area (Å²) >= 11 is 0. The molecule has 0 aliphatic carbocycles. The molecule has 2 aromatic rings. The number of piperidine rings is 1. The van der Waals surface area contributed by atoms with E-state index >= 15 is 0 Å². The molecule has 0 spiro atoms. The minimum atomic E-state index is -2.52. The first-order valence-corrected chi connectivity index (χ1v) is 10.6. The number of hydrogen-bond acceptors (Lipinski definition) is 5. The highest BCUT2D eigenvalue weighted by Crippen LogP contribution is 2.35. The molecule has 0 bridgehead atoms. The summed E-state index contributed by atoms with van der Waals surface area (Å²) in [6, 6.07) is 4.88. The molecule has 10 heteroatoms. The fourth-order valence-electron chi connectivity index (χ4n) is 4.43. The highest BCUT2D eigenvalue weighted by molar-refractivity contribution is 5.81. The minimum Gasteiger partial charge on any atom is -0.478 e. The molecule has 31 heavy (non-hydrogen) atoms. The van der Waals surface area contributed by atoms with Gasteiger partial charge < -0.3 is 15.0 Å². The number of carbonyl (C=O) groups is 1. The average Bonchev–Trinajstić information content (AvgIpc) is 3.26. The standard InChI is InChI=1S/C21H26F3N5O2/c1-2-17(31-18-6-4-3-5-14(18)22)20(30)28-9-7-13(8-10-28)15-11-16(19(23)24)29-21(27-15)25-12-26-29/h3-6,12-13,15-17,19H,2,7-11H2,1H3,(H,25,26,27)/t15-,16+,17+/m0/s1. The number of nitrogens with zero attached hydrogens (tertiary/aromatic N) is 4. The molecule has 3 atom stereocenters. The predicted molar refractivity (Wildman–Crippen MR) is 108 cm³/mol. The van der Waals surface area contributed by atoms with Crippen LogP contribution in [-0.2, 0) is 4.79 Å². The molecule has 7 nitrogen and oxygen atoms in total. The van der Waals surface area contributed by atoms with E-state index in [4.69, 9.17) is 4.74 Å². The van der Waals surface area contributed by atoms with Gasteiger partial charge in [0.2, 0.25) is 5.95 Å². The number of benzene rings is 1. The van der Waals surface area contributed by atoms with Crippen LogP contribution in [0.25, 0.3) is 0 Å². The Balaban J connectivity index is 1.36. The lowest BCUT2D eigenvalue weighted by molar-refractivity contribution is -0.140. The van der Waals surface area contributed by atoms with Gasteiger partial charge in [0, 0.05) is 19.1 Å². The number of carbonyl (C=O) groups excluding carboxylic acids is 1. The van der Waals surface area contributed by atoms with Crippen molar-refractivity contribution in [3.8, 4) is 5.75 Å². The van der Waals surface area contributed by atoms with Crippen LogP contribution >= 0.6 is 0 Å². The first kappa shape index (κ1) is 21.5. The Kier molecular flexibility index (Phi) is 6.33. The van der Waals surface area contributed by atoms with E-state index in [1.807, 2.05) is 6.92 Å². The average molecular weight is 437 g/mol. The predicted octanol–water partition coefficient (Wildman–Crippen LogP) is 3.50. The monoisotopic (exact) mass is 437 g/mol. The van der Waals surface area contributed by atoms with Gasteiger partial charge in [-0.1, -0.05) is 19.1 Å². The number of nitrogens with one attached hydrogen (secondary N) is 1. The van der Waals surface area contributed by atoms with Crippen LogP contribution in [0.4, 0.5) is 19.1 Å². The molecule has 1 aromatic carbocycles. The summed E-state index contributed by atoms with van der Waals surface area (Å²) in [5.41, 5.74) is 0. The molecule has 4 rings (SSSR count). The van der Waals surface area contributed by atoms with E-state index < -0.39 is 24.4 Å². The maximum absolute atomic E-state index is 13.9. The molecular formula is C21H26F3N5O2. The number of fused-ring (bicyclic) bond motifs is 1. The van der Waals surface area contributed by atoms with Crippen LogP contribution in [0.15, 0.2) is 30.6 Å². The Morgan fingerprint density at radius 2 is 2.03 bits per heavy atom. The molecule has 168 valence electrons. The molecule has 1 amide bonds. The van der Waals surface area contributed by atoms with Crippen molar-refractivity contribution < 1.29 is 22.7 Å². The molecule has 1 N–H and O–H groups in total. The second kappa shape index (κ2) is 9.15. The Morgan fingerprint density at radius 1 is 1.29 bits per heavy atom. The van der Waals surface area contributed by atoms with Gasteiger partial charge >= 0.3 is 0 Å². The molecular weight excluding hydrogens is 411 g/mol. The minimum absolute atomic E-state index is 0.0612. The van der Waals surface area contributed by atoms with E-state index in [0.29, 0.717) is 38.3 Å². The van der Waals surface area contributed by atoms with Crippen molar-refractivity contribution in [2.75, 3.05) is 18.4 Å². The van der Waals surface area contributed by atoms with Crippen LogP contribution < -0.4 is 10.1 Å². The first-order chi connectivity index (χ1) is 15.0. The van der Waals surface area contributed by atoms with Crippen LogP contribution in [-0.4, -0.2) is 57.2 Å². The summed E-state index contributed by atoms with van der Waals surface area (Å²) in [5.74, 6) is -0.109. The maximum atomic E-state index is 13.9.